The summed E-state index contributed by atoms with van der Waals surface area (Å²) in [6.07, 6.45) is 4.59. The average molecular weight is 433 g/mol. The Morgan fingerprint density at radius 2 is 1.94 bits per heavy atom. The van der Waals surface area contributed by atoms with E-state index in [4.69, 9.17) is 25.6 Å². The number of nitrogens with one attached hydrogen (secondary N) is 2. The molecule has 4 rings (SSSR count). The van der Waals surface area contributed by atoms with Crippen LogP contribution in [-0.2, 0) is 4.74 Å². The van der Waals surface area contributed by atoms with Gasteiger partial charge in [0.15, 0.2) is 5.96 Å². The maximum absolute atomic E-state index is 12.9. The molecule has 166 valence electrons. The Kier molecular flexibility index (Phi) is 6.66. The van der Waals surface area contributed by atoms with E-state index < -0.39 is 11.9 Å². The summed E-state index contributed by atoms with van der Waals surface area (Å²) >= 11 is 0. The van der Waals surface area contributed by atoms with Crippen LogP contribution < -0.4 is 15.8 Å². The van der Waals surface area contributed by atoms with Crippen LogP contribution in [-0.4, -0.2) is 36.2 Å². The van der Waals surface area contributed by atoms with Crippen molar-refractivity contribution in [2.45, 2.75) is 38.7 Å². The number of hydrogen-bond acceptors (Lipinski definition) is 5. The highest BCUT2D eigenvalue weighted by atomic mass is 16.5. The first-order valence-electron chi connectivity index (χ1n) is 10.9. The molecule has 1 aliphatic carbocycles. The monoisotopic (exact) mass is 432 g/mol. The van der Waals surface area contributed by atoms with Crippen LogP contribution in [0, 0.1) is 12.3 Å². The van der Waals surface area contributed by atoms with E-state index in [2.05, 4.69) is 5.32 Å². The second-order valence-electron chi connectivity index (χ2n) is 8.01. The molecule has 0 radical (unpaired) electrons. The number of nitrogens with two attached hydrogens (primary N) is 1. The van der Waals surface area contributed by atoms with Crippen LogP contribution >= 0.6 is 0 Å². The van der Waals surface area contributed by atoms with Gasteiger partial charge in [0.2, 0.25) is 0 Å². The van der Waals surface area contributed by atoms with E-state index in [1.165, 1.54) is 12.8 Å². The van der Waals surface area contributed by atoms with Gasteiger partial charge >= 0.3 is 0 Å². The predicted octanol–water partition coefficient (Wildman–Crippen LogP) is 4.17. The van der Waals surface area contributed by atoms with Crippen LogP contribution in [0.4, 0.5) is 0 Å². The maximum Gasteiger partial charge on any atom is 0.258 e. The zero-order chi connectivity index (χ0) is 22.5. The van der Waals surface area contributed by atoms with Crippen LogP contribution in [0.25, 0.3) is 22.2 Å². The van der Waals surface area contributed by atoms with E-state index in [9.17, 15) is 4.79 Å². The molecule has 7 nitrogen and oxygen atoms in total. The molecule has 1 fully saturated rings. The number of nitrogens with zero attached hydrogens (tertiary/aromatic N) is 1. The minimum absolute atomic E-state index is 0.371. The number of aromatic nitrogens is 1. The number of aryl methyl sites for hydroxylation is 1. The third-order valence-electron chi connectivity index (χ3n) is 5.38. The SMILES string of the molecule is Cc1ccccc1-c1cc(C(=O)NC(=N)N)c2c(OCCCCOC3CC3)cccc2n1. The van der Waals surface area contributed by atoms with Gasteiger partial charge in [-0.15, -0.1) is 0 Å². The van der Waals surface area contributed by atoms with Gasteiger partial charge in [-0.25, -0.2) is 4.98 Å². The minimum atomic E-state index is -0.464. The number of benzene rings is 2. The fraction of sp³-hybridized carbons (Fsp3) is 0.320. The van der Waals surface area contributed by atoms with Gasteiger partial charge in [0.25, 0.3) is 5.91 Å². The van der Waals surface area contributed by atoms with Crippen LogP contribution in [0.1, 0.15) is 41.6 Å². The van der Waals surface area contributed by atoms with Crippen molar-refractivity contribution in [1.29, 1.82) is 5.41 Å². The van der Waals surface area contributed by atoms with E-state index in [0.29, 0.717) is 40.6 Å². The Morgan fingerprint density at radius 1 is 1.16 bits per heavy atom. The second-order valence-corrected chi connectivity index (χ2v) is 8.01. The van der Waals surface area contributed by atoms with Crippen molar-refractivity contribution in [2.24, 2.45) is 5.73 Å². The third kappa shape index (κ3) is 5.23. The zero-order valence-electron chi connectivity index (χ0n) is 18.2. The molecule has 0 saturated heterocycles. The third-order valence-corrected chi connectivity index (χ3v) is 5.38. The van der Waals surface area contributed by atoms with Gasteiger partial charge in [-0.3, -0.25) is 15.5 Å². The number of carbonyl (C=O) groups is 1. The topological polar surface area (TPSA) is 110 Å². The molecule has 1 amide bonds. The molecule has 0 bridgehead atoms. The molecule has 1 aliphatic rings. The van der Waals surface area contributed by atoms with Crippen molar-refractivity contribution < 1.29 is 14.3 Å². The summed E-state index contributed by atoms with van der Waals surface area (Å²) in [4.78, 5) is 17.8. The van der Waals surface area contributed by atoms with Gasteiger partial charge < -0.3 is 15.2 Å². The van der Waals surface area contributed by atoms with Crippen molar-refractivity contribution in [3.05, 3.63) is 59.7 Å². The molecule has 1 aromatic heterocycles. The summed E-state index contributed by atoms with van der Waals surface area (Å²) in [5.74, 6) is -0.289. The fourth-order valence-electron chi connectivity index (χ4n) is 3.61. The predicted molar refractivity (Wildman–Crippen MR) is 125 cm³/mol. The van der Waals surface area contributed by atoms with Gasteiger partial charge in [0, 0.05) is 12.2 Å². The van der Waals surface area contributed by atoms with Crippen molar-refractivity contribution in [1.82, 2.24) is 10.3 Å². The Balaban J connectivity index is 1.64. The van der Waals surface area contributed by atoms with Crippen LogP contribution in [0.5, 0.6) is 5.75 Å². The maximum atomic E-state index is 12.9. The molecule has 0 spiro atoms. The van der Waals surface area contributed by atoms with Crippen molar-refractivity contribution >= 4 is 22.8 Å². The highest BCUT2D eigenvalue weighted by Gasteiger charge is 2.21. The molecule has 4 N–H and O–H groups in total. The Bertz CT molecular complexity index is 1140. The summed E-state index contributed by atoms with van der Waals surface area (Å²) in [5, 5.41) is 10.5. The first-order valence-corrected chi connectivity index (χ1v) is 10.9. The number of unbranched alkanes of at least 4 members (excludes halogenated alkanes) is 1. The first-order chi connectivity index (χ1) is 15.5. The number of amides is 1. The van der Waals surface area contributed by atoms with Crippen molar-refractivity contribution in [3.63, 3.8) is 0 Å². The quantitative estimate of drug-likeness (QED) is 0.267. The van der Waals surface area contributed by atoms with Gasteiger partial charge in [0.05, 0.1) is 34.9 Å². The Labute approximate surface area is 187 Å². The summed E-state index contributed by atoms with van der Waals surface area (Å²) < 4.78 is 11.7. The van der Waals surface area contributed by atoms with Crippen molar-refractivity contribution in [2.75, 3.05) is 13.2 Å². The van der Waals surface area contributed by atoms with E-state index >= 15 is 0 Å². The average Bonchev–Trinajstić information content (AvgIpc) is 3.59. The molecular formula is C25H28N4O3. The summed E-state index contributed by atoms with van der Waals surface area (Å²) in [6, 6.07) is 15.2. The highest BCUT2D eigenvalue weighted by Crippen LogP contribution is 2.32. The lowest BCUT2D eigenvalue weighted by Crippen LogP contribution is -2.35. The lowest BCUT2D eigenvalue weighted by Gasteiger charge is -2.15. The molecular weight excluding hydrogens is 404 g/mol. The molecule has 0 atom stereocenters. The second kappa shape index (κ2) is 9.78. The standard InChI is InChI=1S/C25H28N4O3/c1-16-7-2-3-8-18(16)21-15-19(24(30)29-25(26)27)23-20(28-21)9-6-10-22(23)32-14-5-4-13-31-17-11-12-17/h2-3,6-10,15,17H,4-5,11-14H2,1H3,(H4,26,27,29,30). The van der Waals surface area contributed by atoms with Gasteiger partial charge in [-0.1, -0.05) is 30.3 Å². The zero-order valence-corrected chi connectivity index (χ0v) is 18.2. The first kappa shape index (κ1) is 21.8. The lowest BCUT2D eigenvalue weighted by molar-refractivity contribution is 0.0977. The van der Waals surface area contributed by atoms with Gasteiger partial charge in [-0.2, -0.15) is 0 Å². The molecule has 1 heterocycles. The van der Waals surface area contributed by atoms with Crippen LogP contribution in [0.3, 0.4) is 0 Å². The van der Waals surface area contributed by atoms with E-state index in [0.717, 1.165) is 30.6 Å². The number of rotatable bonds is 9. The highest BCUT2D eigenvalue weighted by molar-refractivity contribution is 6.13. The summed E-state index contributed by atoms with van der Waals surface area (Å²) in [7, 11) is 0. The number of fused-ring (bicyclic) bond motifs is 1. The largest absolute Gasteiger partial charge is 0.493 e. The molecule has 0 unspecified atom stereocenters. The number of hydrogen-bond donors (Lipinski definition) is 3. The van der Waals surface area contributed by atoms with Gasteiger partial charge in [0.1, 0.15) is 5.75 Å². The molecule has 32 heavy (non-hydrogen) atoms. The fourth-order valence-corrected chi connectivity index (χ4v) is 3.61. The number of pyridine rings is 1. The summed E-state index contributed by atoms with van der Waals surface area (Å²) in [6.45, 7) is 3.26. The molecule has 3 aromatic rings. The lowest BCUT2D eigenvalue weighted by atomic mass is 10.00. The molecule has 2 aromatic carbocycles. The molecule has 0 aliphatic heterocycles. The van der Waals surface area contributed by atoms with E-state index in [1.807, 2.05) is 49.4 Å². The molecule has 1 saturated carbocycles. The van der Waals surface area contributed by atoms with E-state index in [-0.39, 0.29) is 0 Å². The normalized spacial score (nSPS) is 13.2. The number of guanidine groups is 1. The van der Waals surface area contributed by atoms with Crippen LogP contribution in [0.2, 0.25) is 0 Å². The van der Waals surface area contributed by atoms with Crippen LogP contribution in [0.15, 0.2) is 48.5 Å². The number of carbonyl (C=O) groups excluding carboxylic acids is 1. The Hall–Kier alpha value is -3.45. The summed E-state index contributed by atoms with van der Waals surface area (Å²) in [5.41, 5.74) is 9.12. The minimum Gasteiger partial charge on any atom is -0.493 e. The van der Waals surface area contributed by atoms with E-state index in [1.54, 1.807) is 6.07 Å². The molecule has 7 heteroatoms. The Morgan fingerprint density at radius 3 is 2.69 bits per heavy atom. The van der Waals surface area contributed by atoms with Crippen molar-refractivity contribution in [3.8, 4) is 17.0 Å². The number of ether oxygens (including phenoxy) is 2. The smallest absolute Gasteiger partial charge is 0.258 e. The van der Waals surface area contributed by atoms with Gasteiger partial charge in [-0.05, 0) is 56.4 Å².